The van der Waals surface area contributed by atoms with Crippen molar-refractivity contribution in [3.05, 3.63) is 59.9 Å². The third kappa shape index (κ3) is 3.53. The zero-order valence-corrected chi connectivity index (χ0v) is 14.4. The molecule has 1 aliphatic heterocycles. The number of sulfonamides is 1. The van der Waals surface area contributed by atoms with Gasteiger partial charge in [-0.2, -0.15) is 0 Å². The minimum Gasteiger partial charge on any atom is -0.346 e. The molecular weight excluding hydrogens is 342 g/mol. The SMILES string of the molecule is CC1CS(=O)(=O)N(c2ccc(C(=O)NCc3ccccn3)cc2)C1=O. The molecule has 0 bridgehead atoms. The topological polar surface area (TPSA) is 96.4 Å². The van der Waals surface area contributed by atoms with Gasteiger partial charge in [-0.3, -0.25) is 14.6 Å². The molecule has 1 aromatic heterocycles. The summed E-state index contributed by atoms with van der Waals surface area (Å²) in [5, 5.41) is 2.74. The zero-order valence-electron chi connectivity index (χ0n) is 13.5. The number of pyridine rings is 1. The molecule has 0 saturated carbocycles. The number of amides is 2. The Morgan fingerprint density at radius 3 is 2.52 bits per heavy atom. The van der Waals surface area contributed by atoms with E-state index in [-0.39, 0.29) is 23.9 Å². The van der Waals surface area contributed by atoms with Crippen LogP contribution >= 0.6 is 0 Å². The minimum atomic E-state index is -3.64. The Hall–Kier alpha value is -2.74. The van der Waals surface area contributed by atoms with Crippen molar-refractivity contribution in [1.82, 2.24) is 10.3 Å². The van der Waals surface area contributed by atoms with Gasteiger partial charge in [-0.15, -0.1) is 0 Å². The lowest BCUT2D eigenvalue weighted by Crippen LogP contribution is -2.30. The van der Waals surface area contributed by atoms with E-state index in [1.165, 1.54) is 24.3 Å². The van der Waals surface area contributed by atoms with Crippen molar-refractivity contribution >= 4 is 27.5 Å². The van der Waals surface area contributed by atoms with Gasteiger partial charge in [0.25, 0.3) is 5.91 Å². The van der Waals surface area contributed by atoms with E-state index in [1.54, 1.807) is 25.3 Å². The second-order valence-electron chi connectivity index (χ2n) is 5.83. The fraction of sp³-hybridized carbons (Fsp3) is 0.235. The molecular formula is C17H17N3O4S. The summed E-state index contributed by atoms with van der Waals surface area (Å²) in [6.45, 7) is 1.87. The standard InChI is InChI=1S/C17H17N3O4S/c1-12-11-25(23,24)20(17(12)22)15-7-5-13(6-8-15)16(21)19-10-14-4-2-3-9-18-14/h2-9,12H,10-11H2,1H3,(H,19,21). The van der Waals surface area contributed by atoms with E-state index >= 15 is 0 Å². The summed E-state index contributed by atoms with van der Waals surface area (Å²) < 4.78 is 25.0. The van der Waals surface area contributed by atoms with Crippen LogP contribution in [0.3, 0.4) is 0 Å². The predicted molar refractivity (Wildman–Crippen MR) is 92.3 cm³/mol. The molecule has 0 aliphatic carbocycles. The number of benzene rings is 1. The highest BCUT2D eigenvalue weighted by Gasteiger charge is 2.41. The van der Waals surface area contributed by atoms with E-state index in [0.717, 1.165) is 10.00 Å². The third-order valence-electron chi connectivity index (χ3n) is 3.88. The fourth-order valence-electron chi connectivity index (χ4n) is 2.61. The molecule has 25 heavy (non-hydrogen) atoms. The Morgan fingerprint density at radius 2 is 1.96 bits per heavy atom. The van der Waals surface area contributed by atoms with Crippen molar-refractivity contribution in [2.75, 3.05) is 10.1 Å². The summed E-state index contributed by atoms with van der Waals surface area (Å²) in [7, 11) is -3.64. The summed E-state index contributed by atoms with van der Waals surface area (Å²) in [5.74, 6) is -1.52. The van der Waals surface area contributed by atoms with Gasteiger partial charge in [0.2, 0.25) is 15.9 Å². The highest BCUT2D eigenvalue weighted by molar-refractivity contribution is 7.94. The number of nitrogens with one attached hydrogen (secondary N) is 1. The second kappa shape index (κ2) is 6.64. The van der Waals surface area contributed by atoms with E-state index in [4.69, 9.17) is 0 Å². The first-order valence-corrected chi connectivity index (χ1v) is 9.34. The van der Waals surface area contributed by atoms with Crippen LogP contribution in [0.2, 0.25) is 0 Å². The third-order valence-corrected chi connectivity index (χ3v) is 5.75. The van der Waals surface area contributed by atoms with Crippen LogP contribution < -0.4 is 9.62 Å². The molecule has 1 saturated heterocycles. The van der Waals surface area contributed by atoms with Crippen molar-refractivity contribution in [3.8, 4) is 0 Å². The van der Waals surface area contributed by atoms with Crippen LogP contribution in [0.15, 0.2) is 48.7 Å². The minimum absolute atomic E-state index is 0.196. The van der Waals surface area contributed by atoms with Crippen molar-refractivity contribution in [2.45, 2.75) is 13.5 Å². The summed E-state index contributed by atoms with van der Waals surface area (Å²) in [6.07, 6.45) is 1.64. The number of carbonyl (C=O) groups excluding carboxylic acids is 2. The number of anilines is 1. The van der Waals surface area contributed by atoms with Crippen LogP contribution in [0, 0.1) is 5.92 Å². The zero-order chi connectivity index (χ0) is 18.0. The molecule has 2 heterocycles. The van der Waals surface area contributed by atoms with Gasteiger partial charge in [0.15, 0.2) is 0 Å². The molecule has 0 spiro atoms. The Labute approximate surface area is 145 Å². The first-order chi connectivity index (χ1) is 11.9. The van der Waals surface area contributed by atoms with Crippen molar-refractivity contribution in [1.29, 1.82) is 0 Å². The molecule has 130 valence electrons. The summed E-state index contributed by atoms with van der Waals surface area (Å²) in [6, 6.07) is 11.3. The van der Waals surface area contributed by atoms with Gasteiger partial charge in [-0.25, -0.2) is 12.7 Å². The fourth-order valence-corrected chi connectivity index (χ4v) is 4.43. The summed E-state index contributed by atoms with van der Waals surface area (Å²) >= 11 is 0. The highest BCUT2D eigenvalue weighted by Crippen LogP contribution is 2.28. The Bertz CT molecular complexity index is 895. The van der Waals surface area contributed by atoms with Gasteiger partial charge >= 0.3 is 0 Å². The molecule has 1 N–H and O–H groups in total. The molecule has 1 fully saturated rings. The maximum atomic E-state index is 12.2. The van der Waals surface area contributed by atoms with Crippen LogP contribution in [0.1, 0.15) is 23.0 Å². The number of hydrogen-bond acceptors (Lipinski definition) is 5. The first kappa shape index (κ1) is 17.1. The van der Waals surface area contributed by atoms with Gasteiger partial charge in [0.05, 0.1) is 29.6 Å². The molecule has 1 atom stereocenters. The Balaban J connectivity index is 1.72. The number of carbonyl (C=O) groups is 2. The molecule has 2 amide bonds. The molecule has 1 aromatic carbocycles. The van der Waals surface area contributed by atoms with Crippen molar-refractivity contribution < 1.29 is 18.0 Å². The van der Waals surface area contributed by atoms with Gasteiger partial charge in [0, 0.05) is 11.8 Å². The lowest BCUT2D eigenvalue weighted by atomic mass is 10.1. The second-order valence-corrected chi connectivity index (χ2v) is 7.70. The number of nitrogens with zero attached hydrogens (tertiary/aromatic N) is 2. The van der Waals surface area contributed by atoms with Gasteiger partial charge in [-0.05, 0) is 36.4 Å². The van der Waals surface area contributed by atoms with E-state index in [9.17, 15) is 18.0 Å². The van der Waals surface area contributed by atoms with Crippen LogP contribution in [0.4, 0.5) is 5.69 Å². The molecule has 8 heteroatoms. The van der Waals surface area contributed by atoms with E-state index in [1.807, 2.05) is 6.07 Å². The average molecular weight is 359 g/mol. The van der Waals surface area contributed by atoms with Gasteiger partial charge in [0.1, 0.15) is 0 Å². The van der Waals surface area contributed by atoms with Crippen LogP contribution in [-0.2, 0) is 21.4 Å². The van der Waals surface area contributed by atoms with E-state index in [0.29, 0.717) is 5.56 Å². The number of rotatable bonds is 4. The van der Waals surface area contributed by atoms with Crippen LogP contribution in [-0.4, -0.2) is 31.0 Å². The normalized spacial score (nSPS) is 19.0. The largest absolute Gasteiger partial charge is 0.346 e. The Morgan fingerprint density at radius 1 is 1.24 bits per heavy atom. The first-order valence-electron chi connectivity index (χ1n) is 7.73. The maximum Gasteiger partial charge on any atom is 0.251 e. The molecule has 1 aliphatic rings. The number of aromatic nitrogens is 1. The van der Waals surface area contributed by atoms with Gasteiger partial charge in [-0.1, -0.05) is 13.0 Å². The Kier molecular flexibility index (Phi) is 4.54. The quantitative estimate of drug-likeness (QED) is 0.888. The lowest BCUT2D eigenvalue weighted by Gasteiger charge is -2.15. The average Bonchev–Trinajstić information content (AvgIpc) is 2.81. The molecule has 7 nitrogen and oxygen atoms in total. The molecule has 1 unspecified atom stereocenters. The summed E-state index contributed by atoms with van der Waals surface area (Å²) in [4.78, 5) is 28.3. The summed E-state index contributed by atoms with van der Waals surface area (Å²) in [5.41, 5.74) is 1.35. The van der Waals surface area contributed by atoms with Gasteiger partial charge < -0.3 is 5.32 Å². The van der Waals surface area contributed by atoms with E-state index in [2.05, 4.69) is 10.3 Å². The van der Waals surface area contributed by atoms with Crippen LogP contribution in [0.25, 0.3) is 0 Å². The van der Waals surface area contributed by atoms with Crippen molar-refractivity contribution in [2.24, 2.45) is 5.92 Å². The van der Waals surface area contributed by atoms with Crippen molar-refractivity contribution in [3.63, 3.8) is 0 Å². The van der Waals surface area contributed by atoms with E-state index < -0.39 is 21.8 Å². The smallest absolute Gasteiger partial charge is 0.251 e. The molecule has 2 aromatic rings. The highest BCUT2D eigenvalue weighted by atomic mass is 32.2. The number of hydrogen-bond donors (Lipinski definition) is 1. The van der Waals surface area contributed by atoms with Crippen LogP contribution in [0.5, 0.6) is 0 Å². The predicted octanol–water partition coefficient (Wildman–Crippen LogP) is 1.32. The molecule has 0 radical (unpaired) electrons. The maximum absolute atomic E-state index is 12.2. The lowest BCUT2D eigenvalue weighted by molar-refractivity contribution is -0.119. The molecule has 3 rings (SSSR count). The monoisotopic (exact) mass is 359 g/mol.